The molecule has 0 saturated heterocycles. The smallest absolute Gasteiger partial charge is 0.325 e. The van der Waals surface area contributed by atoms with Crippen molar-refractivity contribution in [2.24, 2.45) is 0 Å². The maximum absolute atomic E-state index is 13.3. The summed E-state index contributed by atoms with van der Waals surface area (Å²) in [6.45, 7) is 3.51. The summed E-state index contributed by atoms with van der Waals surface area (Å²) < 4.78 is 40.0. The Hall–Kier alpha value is -2.83. The van der Waals surface area contributed by atoms with Crippen molar-refractivity contribution in [2.75, 3.05) is 5.32 Å². The van der Waals surface area contributed by atoms with Gasteiger partial charge in [0, 0.05) is 10.9 Å². The number of rotatable bonds is 1. The topological polar surface area (TPSA) is 57.8 Å². The van der Waals surface area contributed by atoms with Crippen molar-refractivity contribution in [3.8, 4) is 11.3 Å². The molecular formula is C18H14F3N3O. The fourth-order valence-electron chi connectivity index (χ4n) is 3.39. The first-order valence-corrected chi connectivity index (χ1v) is 7.73. The number of fused-ring (bicyclic) bond motifs is 2. The Labute approximate surface area is 141 Å². The van der Waals surface area contributed by atoms with E-state index in [2.05, 4.69) is 15.5 Å². The van der Waals surface area contributed by atoms with Crippen LogP contribution >= 0.6 is 0 Å². The lowest BCUT2D eigenvalue weighted by Gasteiger charge is -2.11. The van der Waals surface area contributed by atoms with E-state index >= 15 is 0 Å². The lowest BCUT2D eigenvalue weighted by atomic mass is 9.97. The van der Waals surface area contributed by atoms with Gasteiger partial charge in [0.05, 0.1) is 23.4 Å². The van der Waals surface area contributed by atoms with Crippen LogP contribution < -0.4 is 5.32 Å². The molecule has 4 rings (SSSR count). The molecule has 0 aliphatic carbocycles. The van der Waals surface area contributed by atoms with Crippen LogP contribution in [0.25, 0.3) is 22.2 Å². The van der Waals surface area contributed by atoms with Crippen molar-refractivity contribution in [1.82, 2.24) is 10.2 Å². The van der Waals surface area contributed by atoms with Gasteiger partial charge in [-0.2, -0.15) is 18.3 Å². The number of nitrogens with one attached hydrogen (secondary N) is 2. The molecule has 0 saturated carbocycles. The molecule has 2 aromatic carbocycles. The van der Waals surface area contributed by atoms with Crippen LogP contribution in [-0.4, -0.2) is 16.1 Å². The Morgan fingerprint density at radius 2 is 1.80 bits per heavy atom. The third-order valence-corrected chi connectivity index (χ3v) is 4.36. The van der Waals surface area contributed by atoms with Crippen molar-refractivity contribution in [3.63, 3.8) is 0 Å². The van der Waals surface area contributed by atoms with Gasteiger partial charge >= 0.3 is 6.18 Å². The number of amides is 1. The lowest BCUT2D eigenvalue weighted by molar-refractivity contribution is -0.136. The number of hydrogen-bond acceptors (Lipinski definition) is 2. The predicted molar refractivity (Wildman–Crippen MR) is 88.3 cm³/mol. The third-order valence-electron chi connectivity index (χ3n) is 4.36. The minimum Gasteiger partial charge on any atom is -0.325 e. The molecule has 2 heterocycles. The van der Waals surface area contributed by atoms with Crippen molar-refractivity contribution in [1.29, 1.82) is 0 Å². The minimum atomic E-state index is -4.49. The number of H-pyrrole nitrogens is 1. The fourth-order valence-corrected chi connectivity index (χ4v) is 3.39. The molecule has 4 nitrogen and oxygen atoms in total. The Bertz CT molecular complexity index is 1030. The highest BCUT2D eigenvalue weighted by Gasteiger charge is 2.35. The second kappa shape index (κ2) is 5.08. The Morgan fingerprint density at radius 3 is 2.52 bits per heavy atom. The first-order chi connectivity index (χ1) is 11.7. The molecule has 0 bridgehead atoms. The number of nitrogens with zero attached hydrogens (tertiary/aromatic N) is 1. The highest BCUT2D eigenvalue weighted by molar-refractivity contribution is 6.07. The summed E-state index contributed by atoms with van der Waals surface area (Å²) in [5.41, 5.74) is 3.15. The first-order valence-electron chi connectivity index (χ1n) is 7.73. The number of alkyl halides is 3. The van der Waals surface area contributed by atoms with Crippen LogP contribution in [0.4, 0.5) is 18.9 Å². The molecule has 128 valence electrons. The average molecular weight is 345 g/mol. The van der Waals surface area contributed by atoms with E-state index in [-0.39, 0.29) is 17.8 Å². The summed E-state index contributed by atoms with van der Waals surface area (Å²) in [6, 6.07) is 6.51. The second-order valence-electron chi connectivity index (χ2n) is 6.38. The third kappa shape index (κ3) is 2.47. The van der Waals surface area contributed by atoms with Gasteiger partial charge in [0.1, 0.15) is 5.52 Å². The fraction of sp³-hybridized carbons (Fsp3) is 0.222. The highest BCUT2D eigenvalue weighted by Crippen LogP contribution is 2.41. The van der Waals surface area contributed by atoms with E-state index in [9.17, 15) is 18.0 Å². The summed E-state index contributed by atoms with van der Waals surface area (Å²) in [5, 5.41) is 9.85. The number of aromatic amines is 1. The number of hydrogen-bond donors (Lipinski definition) is 2. The first kappa shape index (κ1) is 15.7. The molecule has 25 heavy (non-hydrogen) atoms. The molecule has 0 fully saturated rings. The van der Waals surface area contributed by atoms with Crippen molar-refractivity contribution in [3.05, 3.63) is 46.5 Å². The summed E-state index contributed by atoms with van der Waals surface area (Å²) in [5.74, 6) is -0.127. The van der Waals surface area contributed by atoms with E-state index in [1.54, 1.807) is 13.0 Å². The van der Waals surface area contributed by atoms with Gasteiger partial charge in [0.2, 0.25) is 5.91 Å². The van der Waals surface area contributed by atoms with Gasteiger partial charge in [-0.1, -0.05) is 11.6 Å². The van der Waals surface area contributed by atoms with Gasteiger partial charge < -0.3 is 5.32 Å². The molecule has 1 aromatic heterocycles. The molecule has 7 heteroatoms. The number of halogens is 3. The Balaban J connectivity index is 2.02. The second-order valence-corrected chi connectivity index (χ2v) is 6.38. The molecule has 1 amide bonds. The zero-order valence-corrected chi connectivity index (χ0v) is 13.5. The van der Waals surface area contributed by atoms with E-state index in [4.69, 9.17) is 0 Å². The van der Waals surface area contributed by atoms with E-state index < -0.39 is 11.7 Å². The maximum Gasteiger partial charge on any atom is 0.418 e. The summed E-state index contributed by atoms with van der Waals surface area (Å²) in [7, 11) is 0. The van der Waals surface area contributed by atoms with E-state index in [1.165, 1.54) is 0 Å². The van der Waals surface area contributed by atoms with Crippen molar-refractivity contribution >= 4 is 22.5 Å². The SMILES string of the molecule is Cc1cc2c(c(-c3[nH]nc4c(C(F)(F)F)cc(C)cc34)c1)NC(=O)C2. The van der Waals surface area contributed by atoms with E-state index in [0.717, 1.165) is 17.2 Å². The van der Waals surface area contributed by atoms with Crippen LogP contribution in [0.1, 0.15) is 22.3 Å². The van der Waals surface area contributed by atoms with E-state index in [1.807, 2.05) is 19.1 Å². The van der Waals surface area contributed by atoms with Gasteiger partial charge in [0.25, 0.3) is 0 Å². The molecule has 3 aromatic rings. The lowest BCUT2D eigenvalue weighted by Crippen LogP contribution is -2.06. The highest BCUT2D eigenvalue weighted by atomic mass is 19.4. The van der Waals surface area contributed by atoms with Crippen LogP contribution in [0.15, 0.2) is 24.3 Å². The summed E-state index contributed by atoms with van der Waals surface area (Å²) in [4.78, 5) is 11.8. The number of carbonyl (C=O) groups excluding carboxylic acids is 1. The van der Waals surface area contributed by atoms with E-state index in [0.29, 0.717) is 27.9 Å². The molecular weight excluding hydrogens is 331 g/mol. The van der Waals surface area contributed by atoms with Crippen LogP contribution in [-0.2, 0) is 17.4 Å². The zero-order valence-electron chi connectivity index (χ0n) is 13.5. The van der Waals surface area contributed by atoms with Crippen LogP contribution in [0.2, 0.25) is 0 Å². The number of aromatic nitrogens is 2. The number of benzene rings is 2. The Morgan fingerprint density at radius 1 is 1.08 bits per heavy atom. The molecule has 0 spiro atoms. The van der Waals surface area contributed by atoms with Crippen LogP contribution in [0.3, 0.4) is 0 Å². The monoisotopic (exact) mass is 345 g/mol. The molecule has 2 N–H and O–H groups in total. The zero-order chi connectivity index (χ0) is 17.9. The predicted octanol–water partition coefficient (Wildman–Crippen LogP) is 4.36. The Kier molecular flexibility index (Phi) is 3.19. The maximum atomic E-state index is 13.3. The molecule has 0 radical (unpaired) electrons. The quantitative estimate of drug-likeness (QED) is 0.688. The molecule has 1 aliphatic rings. The van der Waals surface area contributed by atoms with Gasteiger partial charge in [0.15, 0.2) is 0 Å². The minimum absolute atomic E-state index is 0.118. The summed E-state index contributed by atoms with van der Waals surface area (Å²) >= 11 is 0. The molecule has 0 unspecified atom stereocenters. The largest absolute Gasteiger partial charge is 0.418 e. The van der Waals surface area contributed by atoms with Gasteiger partial charge in [-0.25, -0.2) is 0 Å². The van der Waals surface area contributed by atoms with Crippen molar-refractivity contribution < 1.29 is 18.0 Å². The molecule has 1 aliphatic heterocycles. The number of anilines is 1. The number of aryl methyl sites for hydroxylation is 2. The normalized spacial score (nSPS) is 14.0. The van der Waals surface area contributed by atoms with Gasteiger partial charge in [-0.3, -0.25) is 9.89 Å². The molecule has 0 atom stereocenters. The van der Waals surface area contributed by atoms with Crippen LogP contribution in [0, 0.1) is 13.8 Å². The van der Waals surface area contributed by atoms with Gasteiger partial charge in [-0.05, 0) is 43.2 Å². The van der Waals surface area contributed by atoms with Crippen LogP contribution in [0.5, 0.6) is 0 Å². The van der Waals surface area contributed by atoms with Crippen molar-refractivity contribution in [2.45, 2.75) is 26.4 Å². The van der Waals surface area contributed by atoms with Gasteiger partial charge in [-0.15, -0.1) is 0 Å². The average Bonchev–Trinajstić information content (AvgIpc) is 3.07. The standard InChI is InChI=1S/C18H14F3N3O/c1-8-3-10-7-14(25)22-15(10)11(4-8)16-12-5-9(2)6-13(18(19,20)21)17(12)24-23-16/h3-6H,7H2,1-2H3,(H,22,25)(H,23,24). The summed E-state index contributed by atoms with van der Waals surface area (Å²) in [6.07, 6.45) is -4.22. The number of carbonyl (C=O) groups is 1.